The van der Waals surface area contributed by atoms with E-state index in [4.69, 9.17) is 0 Å². The van der Waals surface area contributed by atoms with Crippen molar-refractivity contribution in [2.45, 2.75) is 12.7 Å². The van der Waals surface area contributed by atoms with Crippen molar-refractivity contribution in [3.63, 3.8) is 0 Å². The molecular formula is C16H11F4N5O. The summed E-state index contributed by atoms with van der Waals surface area (Å²) in [5.74, 6) is -0.900. The minimum atomic E-state index is -4.54. The SMILES string of the molecule is O=C(NCc1nnnn1-c1ccc(F)cc1)c1cccc(C(F)(F)F)c1. The topological polar surface area (TPSA) is 72.7 Å². The molecule has 0 radical (unpaired) electrons. The monoisotopic (exact) mass is 365 g/mol. The molecule has 1 amide bonds. The van der Waals surface area contributed by atoms with Crippen LogP contribution in [0, 0.1) is 5.82 Å². The molecular weight excluding hydrogens is 354 g/mol. The normalized spacial score (nSPS) is 11.4. The molecule has 1 aromatic heterocycles. The first-order chi connectivity index (χ1) is 12.3. The first-order valence-electron chi connectivity index (χ1n) is 7.33. The molecule has 10 heteroatoms. The van der Waals surface area contributed by atoms with E-state index >= 15 is 0 Å². The van der Waals surface area contributed by atoms with Gasteiger partial charge in [0.05, 0.1) is 17.8 Å². The standard InChI is InChI=1S/C16H11F4N5O/c17-12-4-6-13(7-5-12)25-14(22-23-24-25)9-21-15(26)10-2-1-3-11(8-10)16(18,19)20/h1-8H,9H2,(H,21,26). The zero-order chi connectivity index (χ0) is 18.7. The molecule has 0 saturated carbocycles. The van der Waals surface area contributed by atoms with Crippen LogP contribution in [0.4, 0.5) is 17.6 Å². The number of carbonyl (C=O) groups is 1. The Morgan fingerprint density at radius 3 is 2.54 bits per heavy atom. The van der Waals surface area contributed by atoms with Gasteiger partial charge in [-0.25, -0.2) is 4.39 Å². The number of benzene rings is 2. The Kier molecular flexibility index (Phi) is 4.65. The molecule has 0 saturated heterocycles. The zero-order valence-electron chi connectivity index (χ0n) is 13.0. The molecule has 3 aromatic rings. The molecule has 0 spiro atoms. The molecule has 26 heavy (non-hydrogen) atoms. The predicted molar refractivity (Wildman–Crippen MR) is 81.7 cm³/mol. The summed E-state index contributed by atoms with van der Waals surface area (Å²) in [4.78, 5) is 12.1. The van der Waals surface area contributed by atoms with Crippen molar-refractivity contribution in [1.29, 1.82) is 0 Å². The number of nitrogens with one attached hydrogen (secondary N) is 1. The quantitative estimate of drug-likeness (QED) is 0.722. The first kappa shape index (κ1) is 17.5. The zero-order valence-corrected chi connectivity index (χ0v) is 13.0. The summed E-state index contributed by atoms with van der Waals surface area (Å²) in [7, 11) is 0. The van der Waals surface area contributed by atoms with Gasteiger partial charge in [0.25, 0.3) is 5.91 Å². The molecule has 0 aliphatic rings. The number of rotatable bonds is 4. The van der Waals surface area contributed by atoms with Crippen LogP contribution in [0.15, 0.2) is 48.5 Å². The van der Waals surface area contributed by atoms with E-state index in [0.717, 1.165) is 18.2 Å². The van der Waals surface area contributed by atoms with Gasteiger partial charge in [-0.1, -0.05) is 6.07 Å². The lowest BCUT2D eigenvalue weighted by atomic mass is 10.1. The van der Waals surface area contributed by atoms with Gasteiger partial charge in [0.1, 0.15) is 5.82 Å². The van der Waals surface area contributed by atoms with E-state index in [1.165, 1.54) is 35.0 Å². The van der Waals surface area contributed by atoms with Crippen molar-refractivity contribution in [2.75, 3.05) is 0 Å². The van der Waals surface area contributed by atoms with E-state index < -0.39 is 23.5 Å². The highest BCUT2D eigenvalue weighted by Crippen LogP contribution is 2.29. The maximum absolute atomic E-state index is 13.0. The third kappa shape index (κ3) is 3.85. The summed E-state index contributed by atoms with van der Waals surface area (Å²) < 4.78 is 52.4. The predicted octanol–water partition coefficient (Wildman–Crippen LogP) is 2.75. The first-order valence-corrected chi connectivity index (χ1v) is 7.33. The minimum absolute atomic E-state index is 0.126. The highest BCUT2D eigenvalue weighted by atomic mass is 19.4. The summed E-state index contributed by atoms with van der Waals surface area (Å²) in [6, 6.07) is 9.41. The van der Waals surface area contributed by atoms with Gasteiger partial charge in [0.2, 0.25) is 0 Å². The Bertz CT molecular complexity index is 921. The Morgan fingerprint density at radius 1 is 1.12 bits per heavy atom. The molecule has 1 N–H and O–H groups in total. The van der Waals surface area contributed by atoms with E-state index in [2.05, 4.69) is 20.8 Å². The Balaban J connectivity index is 1.73. The van der Waals surface area contributed by atoms with E-state index in [1.54, 1.807) is 0 Å². The van der Waals surface area contributed by atoms with Gasteiger partial charge in [-0.3, -0.25) is 4.79 Å². The lowest BCUT2D eigenvalue weighted by Crippen LogP contribution is -2.25. The molecule has 0 aliphatic heterocycles. The number of aromatic nitrogens is 4. The van der Waals surface area contributed by atoms with E-state index in [9.17, 15) is 22.4 Å². The Hall–Kier alpha value is -3.30. The van der Waals surface area contributed by atoms with Gasteiger partial charge in [0, 0.05) is 5.56 Å². The van der Waals surface area contributed by atoms with Crippen LogP contribution < -0.4 is 5.32 Å². The number of amides is 1. The number of nitrogens with zero attached hydrogens (tertiary/aromatic N) is 4. The molecule has 2 aromatic carbocycles. The number of tetrazole rings is 1. The molecule has 134 valence electrons. The second-order valence-electron chi connectivity index (χ2n) is 5.24. The molecule has 6 nitrogen and oxygen atoms in total. The average molecular weight is 365 g/mol. The van der Waals surface area contributed by atoms with Crippen LogP contribution in [0.25, 0.3) is 5.69 Å². The van der Waals surface area contributed by atoms with Gasteiger partial charge >= 0.3 is 6.18 Å². The fourth-order valence-electron chi connectivity index (χ4n) is 2.20. The van der Waals surface area contributed by atoms with Gasteiger partial charge in [-0.15, -0.1) is 5.10 Å². The smallest absolute Gasteiger partial charge is 0.345 e. The maximum Gasteiger partial charge on any atom is 0.416 e. The summed E-state index contributed by atoms with van der Waals surface area (Å²) >= 11 is 0. The largest absolute Gasteiger partial charge is 0.416 e. The summed E-state index contributed by atoms with van der Waals surface area (Å²) in [6.07, 6.45) is -4.54. The van der Waals surface area contributed by atoms with Gasteiger partial charge in [0.15, 0.2) is 5.82 Å². The van der Waals surface area contributed by atoms with E-state index in [0.29, 0.717) is 5.69 Å². The summed E-state index contributed by atoms with van der Waals surface area (Å²) in [6.45, 7) is -0.126. The molecule has 0 unspecified atom stereocenters. The molecule has 0 fully saturated rings. The van der Waals surface area contributed by atoms with Crippen LogP contribution >= 0.6 is 0 Å². The van der Waals surface area contributed by atoms with Crippen molar-refractivity contribution in [3.05, 3.63) is 71.3 Å². The molecule has 3 rings (SSSR count). The molecule has 0 bridgehead atoms. The van der Waals surface area contributed by atoms with Crippen LogP contribution in [0.5, 0.6) is 0 Å². The number of hydrogen-bond acceptors (Lipinski definition) is 4. The number of halogens is 4. The van der Waals surface area contributed by atoms with Gasteiger partial charge in [-0.05, 0) is 52.9 Å². The second kappa shape index (κ2) is 6.90. The van der Waals surface area contributed by atoms with E-state index in [1.807, 2.05) is 0 Å². The Labute approximate surface area is 144 Å². The van der Waals surface area contributed by atoms with E-state index in [-0.39, 0.29) is 17.9 Å². The van der Waals surface area contributed by atoms with Crippen molar-refractivity contribution < 1.29 is 22.4 Å². The lowest BCUT2D eigenvalue weighted by Gasteiger charge is -2.09. The van der Waals surface area contributed by atoms with Crippen molar-refractivity contribution in [3.8, 4) is 5.69 Å². The molecule has 0 atom stereocenters. The summed E-state index contributed by atoms with van der Waals surface area (Å²) in [5, 5.41) is 13.4. The second-order valence-corrected chi connectivity index (χ2v) is 5.24. The number of hydrogen-bond donors (Lipinski definition) is 1. The third-order valence-corrected chi connectivity index (χ3v) is 3.46. The minimum Gasteiger partial charge on any atom is -0.345 e. The fourth-order valence-corrected chi connectivity index (χ4v) is 2.20. The highest BCUT2D eigenvalue weighted by Gasteiger charge is 2.30. The van der Waals surface area contributed by atoms with Crippen molar-refractivity contribution in [2.24, 2.45) is 0 Å². The lowest BCUT2D eigenvalue weighted by molar-refractivity contribution is -0.137. The highest BCUT2D eigenvalue weighted by molar-refractivity contribution is 5.94. The Morgan fingerprint density at radius 2 is 1.85 bits per heavy atom. The van der Waals surface area contributed by atoms with Gasteiger partial charge < -0.3 is 5.32 Å². The van der Waals surface area contributed by atoms with Crippen LogP contribution in [-0.4, -0.2) is 26.1 Å². The van der Waals surface area contributed by atoms with Crippen LogP contribution in [0.2, 0.25) is 0 Å². The molecule has 0 aliphatic carbocycles. The number of alkyl halides is 3. The number of carbonyl (C=O) groups excluding carboxylic acids is 1. The maximum atomic E-state index is 13.0. The van der Waals surface area contributed by atoms with Crippen LogP contribution in [-0.2, 0) is 12.7 Å². The fraction of sp³-hybridized carbons (Fsp3) is 0.125. The van der Waals surface area contributed by atoms with Crippen molar-refractivity contribution in [1.82, 2.24) is 25.5 Å². The third-order valence-electron chi connectivity index (χ3n) is 3.46. The van der Waals surface area contributed by atoms with Crippen molar-refractivity contribution >= 4 is 5.91 Å². The summed E-state index contributed by atoms with van der Waals surface area (Å²) in [5.41, 5.74) is -0.582. The van der Waals surface area contributed by atoms with Crippen LogP contribution in [0.3, 0.4) is 0 Å². The molecule has 1 heterocycles. The van der Waals surface area contributed by atoms with Crippen LogP contribution in [0.1, 0.15) is 21.7 Å². The van der Waals surface area contributed by atoms with Gasteiger partial charge in [-0.2, -0.15) is 17.9 Å². The average Bonchev–Trinajstić information content (AvgIpc) is 3.08.